The summed E-state index contributed by atoms with van der Waals surface area (Å²) in [7, 11) is 1.57. The summed E-state index contributed by atoms with van der Waals surface area (Å²) in [4.78, 5) is 16.1. The second kappa shape index (κ2) is 6.06. The lowest BCUT2D eigenvalue weighted by atomic mass is 10.2. The van der Waals surface area contributed by atoms with E-state index in [1.54, 1.807) is 19.2 Å². The molecule has 1 aromatic carbocycles. The summed E-state index contributed by atoms with van der Waals surface area (Å²) < 4.78 is 5.22. The van der Waals surface area contributed by atoms with Crippen molar-refractivity contribution in [3.8, 4) is 5.75 Å². The summed E-state index contributed by atoms with van der Waals surface area (Å²) in [5.74, 6) is 0.486. The molecule has 0 fully saturated rings. The summed E-state index contributed by atoms with van der Waals surface area (Å²) in [6, 6.07) is 9.08. The zero-order valence-corrected chi connectivity index (χ0v) is 11.5. The topological polar surface area (TPSA) is 77.2 Å². The molecule has 5 nitrogen and oxygen atoms in total. The van der Waals surface area contributed by atoms with Crippen LogP contribution in [0.4, 0.5) is 11.4 Å². The number of nitrogens with two attached hydrogens (primary N) is 1. The molecule has 20 heavy (non-hydrogen) atoms. The Labute approximate surface area is 117 Å². The van der Waals surface area contributed by atoms with Crippen molar-refractivity contribution in [2.24, 2.45) is 0 Å². The van der Waals surface area contributed by atoms with E-state index in [2.05, 4.69) is 10.3 Å². The van der Waals surface area contributed by atoms with Gasteiger partial charge in [-0.3, -0.25) is 9.78 Å². The highest BCUT2D eigenvalue weighted by molar-refractivity contribution is 5.93. The van der Waals surface area contributed by atoms with Gasteiger partial charge in [0, 0.05) is 5.69 Å². The molecule has 5 heteroatoms. The molecule has 0 bridgehead atoms. The summed E-state index contributed by atoms with van der Waals surface area (Å²) in [6.07, 6.45) is 1.73. The summed E-state index contributed by atoms with van der Waals surface area (Å²) in [6.45, 7) is 1.95. The molecule has 0 saturated heterocycles. The normalized spacial score (nSPS) is 10.1. The Morgan fingerprint density at radius 3 is 2.80 bits per heavy atom. The molecule has 0 saturated carbocycles. The zero-order chi connectivity index (χ0) is 14.5. The molecule has 0 unspecified atom stereocenters. The number of hydrogen-bond donors (Lipinski definition) is 2. The molecule has 1 aromatic heterocycles. The SMILES string of the molecule is COc1ccc(C)cc1NC(=O)Cc1ccc(N)cn1. The molecule has 3 N–H and O–H groups in total. The Bertz CT molecular complexity index is 609. The van der Waals surface area contributed by atoms with Gasteiger partial charge in [0.25, 0.3) is 0 Å². The molecule has 0 spiro atoms. The molecule has 0 aliphatic carbocycles. The first kappa shape index (κ1) is 13.9. The van der Waals surface area contributed by atoms with Crippen LogP contribution in [0.25, 0.3) is 0 Å². The number of hydrogen-bond acceptors (Lipinski definition) is 4. The Kier molecular flexibility index (Phi) is 4.20. The van der Waals surface area contributed by atoms with Crippen molar-refractivity contribution in [3.05, 3.63) is 47.8 Å². The van der Waals surface area contributed by atoms with Crippen LogP contribution in [0.15, 0.2) is 36.5 Å². The highest BCUT2D eigenvalue weighted by atomic mass is 16.5. The molecule has 1 amide bonds. The van der Waals surface area contributed by atoms with Crippen molar-refractivity contribution < 1.29 is 9.53 Å². The van der Waals surface area contributed by atoms with E-state index in [9.17, 15) is 4.79 Å². The average molecular weight is 271 g/mol. The fourth-order valence-electron chi connectivity index (χ4n) is 1.82. The van der Waals surface area contributed by atoms with Crippen molar-refractivity contribution in [3.63, 3.8) is 0 Å². The number of rotatable bonds is 4. The first-order chi connectivity index (χ1) is 9.58. The van der Waals surface area contributed by atoms with Crippen molar-refractivity contribution in [2.45, 2.75) is 13.3 Å². The molecule has 0 aliphatic rings. The second-order valence-corrected chi connectivity index (χ2v) is 4.51. The lowest BCUT2D eigenvalue weighted by Gasteiger charge is -2.11. The summed E-state index contributed by atoms with van der Waals surface area (Å²) >= 11 is 0. The molecule has 1 heterocycles. The number of nitrogens with zero attached hydrogens (tertiary/aromatic N) is 1. The number of carbonyl (C=O) groups is 1. The minimum Gasteiger partial charge on any atom is -0.495 e. The number of methoxy groups -OCH3 is 1. The number of nitrogens with one attached hydrogen (secondary N) is 1. The van der Waals surface area contributed by atoms with Crippen LogP contribution in [0, 0.1) is 6.92 Å². The number of aryl methyl sites for hydroxylation is 1. The molecule has 104 valence electrons. The van der Waals surface area contributed by atoms with Crippen LogP contribution in [0.2, 0.25) is 0 Å². The number of benzene rings is 1. The Balaban J connectivity index is 2.08. The lowest BCUT2D eigenvalue weighted by Crippen LogP contribution is -2.15. The van der Waals surface area contributed by atoms with Gasteiger partial charge < -0.3 is 15.8 Å². The average Bonchev–Trinajstić information content (AvgIpc) is 2.41. The number of anilines is 2. The van der Waals surface area contributed by atoms with Crippen LogP contribution in [0.5, 0.6) is 5.75 Å². The molecule has 2 rings (SSSR count). The number of pyridine rings is 1. The van der Waals surface area contributed by atoms with Crippen LogP contribution in [-0.4, -0.2) is 18.0 Å². The monoisotopic (exact) mass is 271 g/mol. The fraction of sp³-hybridized carbons (Fsp3) is 0.200. The van der Waals surface area contributed by atoms with Crippen LogP contribution >= 0.6 is 0 Å². The third-order valence-electron chi connectivity index (χ3n) is 2.82. The Hall–Kier alpha value is -2.56. The van der Waals surface area contributed by atoms with Gasteiger partial charge in [0.2, 0.25) is 5.91 Å². The van der Waals surface area contributed by atoms with Crippen molar-refractivity contribution in [1.82, 2.24) is 4.98 Å². The molecule has 2 aromatic rings. The number of carbonyl (C=O) groups excluding carboxylic acids is 1. The number of ether oxygens (including phenoxy) is 1. The molecule has 0 aliphatic heterocycles. The second-order valence-electron chi connectivity index (χ2n) is 4.51. The molecule has 0 radical (unpaired) electrons. The van der Waals surface area contributed by atoms with Gasteiger partial charge in [-0.25, -0.2) is 0 Å². The Morgan fingerprint density at radius 1 is 1.35 bits per heavy atom. The zero-order valence-electron chi connectivity index (χ0n) is 11.5. The van der Waals surface area contributed by atoms with Gasteiger partial charge in [-0.15, -0.1) is 0 Å². The highest BCUT2D eigenvalue weighted by Crippen LogP contribution is 2.25. The van der Waals surface area contributed by atoms with E-state index in [0.717, 1.165) is 5.56 Å². The van der Waals surface area contributed by atoms with Crippen LogP contribution < -0.4 is 15.8 Å². The maximum absolute atomic E-state index is 12.0. The summed E-state index contributed by atoms with van der Waals surface area (Å²) in [5.41, 5.74) is 8.51. The molecular formula is C15H17N3O2. The third-order valence-corrected chi connectivity index (χ3v) is 2.82. The molecule has 0 atom stereocenters. The maximum Gasteiger partial charge on any atom is 0.230 e. The van der Waals surface area contributed by atoms with Crippen molar-refractivity contribution >= 4 is 17.3 Å². The molecular weight excluding hydrogens is 254 g/mol. The fourth-order valence-corrected chi connectivity index (χ4v) is 1.82. The minimum atomic E-state index is -0.147. The van der Waals surface area contributed by atoms with Gasteiger partial charge in [-0.1, -0.05) is 6.07 Å². The van der Waals surface area contributed by atoms with E-state index in [1.807, 2.05) is 25.1 Å². The summed E-state index contributed by atoms with van der Waals surface area (Å²) in [5, 5.41) is 2.83. The quantitative estimate of drug-likeness (QED) is 0.893. The van der Waals surface area contributed by atoms with E-state index in [1.165, 1.54) is 6.20 Å². The van der Waals surface area contributed by atoms with E-state index >= 15 is 0 Å². The Morgan fingerprint density at radius 2 is 2.15 bits per heavy atom. The largest absolute Gasteiger partial charge is 0.495 e. The van der Waals surface area contributed by atoms with Gasteiger partial charge in [0.1, 0.15) is 5.75 Å². The number of nitrogen functional groups attached to an aromatic ring is 1. The van der Waals surface area contributed by atoms with Gasteiger partial charge >= 0.3 is 0 Å². The van der Waals surface area contributed by atoms with E-state index in [4.69, 9.17) is 10.5 Å². The van der Waals surface area contributed by atoms with Gasteiger partial charge in [0.15, 0.2) is 0 Å². The van der Waals surface area contributed by atoms with E-state index in [-0.39, 0.29) is 12.3 Å². The number of amides is 1. The number of aromatic nitrogens is 1. The lowest BCUT2D eigenvalue weighted by molar-refractivity contribution is -0.115. The first-order valence-corrected chi connectivity index (χ1v) is 6.23. The predicted molar refractivity (Wildman–Crippen MR) is 78.7 cm³/mol. The van der Waals surface area contributed by atoms with Crippen LogP contribution in [0.3, 0.4) is 0 Å². The standard InChI is InChI=1S/C15H17N3O2/c1-10-3-6-14(20-2)13(7-10)18-15(19)8-12-5-4-11(16)9-17-12/h3-7,9H,8,16H2,1-2H3,(H,18,19). The smallest absolute Gasteiger partial charge is 0.230 e. The predicted octanol–water partition coefficient (Wildman–Crippen LogP) is 2.16. The van der Waals surface area contributed by atoms with E-state index < -0.39 is 0 Å². The van der Waals surface area contributed by atoms with E-state index in [0.29, 0.717) is 22.8 Å². The van der Waals surface area contributed by atoms with Crippen LogP contribution in [0.1, 0.15) is 11.3 Å². The minimum absolute atomic E-state index is 0.147. The third kappa shape index (κ3) is 3.47. The van der Waals surface area contributed by atoms with Crippen molar-refractivity contribution in [2.75, 3.05) is 18.2 Å². The first-order valence-electron chi connectivity index (χ1n) is 6.23. The maximum atomic E-state index is 12.0. The van der Waals surface area contributed by atoms with Gasteiger partial charge in [-0.2, -0.15) is 0 Å². The highest BCUT2D eigenvalue weighted by Gasteiger charge is 2.09. The van der Waals surface area contributed by atoms with Crippen LogP contribution in [-0.2, 0) is 11.2 Å². The van der Waals surface area contributed by atoms with Gasteiger partial charge in [-0.05, 0) is 36.8 Å². The van der Waals surface area contributed by atoms with Gasteiger partial charge in [0.05, 0.1) is 31.1 Å². The van der Waals surface area contributed by atoms with Crippen molar-refractivity contribution in [1.29, 1.82) is 0 Å².